The molecule has 0 bridgehead atoms. The van der Waals surface area contributed by atoms with Crippen LogP contribution < -0.4 is 5.32 Å². The number of piperazine rings is 1. The lowest BCUT2D eigenvalue weighted by Gasteiger charge is -2.32. The molecule has 1 saturated heterocycles. The van der Waals surface area contributed by atoms with E-state index < -0.39 is 17.5 Å². The van der Waals surface area contributed by atoms with Gasteiger partial charge in [-0.2, -0.15) is 0 Å². The van der Waals surface area contributed by atoms with E-state index in [1.807, 2.05) is 7.05 Å². The summed E-state index contributed by atoms with van der Waals surface area (Å²) in [5.74, 6) is -4.56. The Morgan fingerprint density at radius 3 is 2.46 bits per heavy atom. The van der Waals surface area contributed by atoms with Gasteiger partial charge in [-0.1, -0.05) is 0 Å². The molecule has 6 nitrogen and oxygen atoms in total. The standard InChI is InChI=1S/C17H18F3N5O/c1-10-9-13(16(26)25-7-5-24(2)6-8-25)23-17(21-10)22-12-4-3-11(18)14(19)15(12)20/h3-4,9H,5-8H2,1-2H3,(H,21,22,23). The molecule has 1 aromatic carbocycles. The van der Waals surface area contributed by atoms with Gasteiger partial charge in [-0.05, 0) is 32.2 Å². The van der Waals surface area contributed by atoms with E-state index in [0.717, 1.165) is 25.2 Å². The Hall–Kier alpha value is -2.68. The number of likely N-dealkylation sites (N-methyl/N-ethyl adjacent to an activating group) is 1. The average molecular weight is 365 g/mol. The number of amides is 1. The van der Waals surface area contributed by atoms with Crippen LogP contribution in [0.1, 0.15) is 16.2 Å². The van der Waals surface area contributed by atoms with Gasteiger partial charge in [-0.25, -0.2) is 23.1 Å². The van der Waals surface area contributed by atoms with E-state index in [0.29, 0.717) is 18.8 Å². The maximum Gasteiger partial charge on any atom is 0.272 e. The van der Waals surface area contributed by atoms with Crippen LogP contribution in [0, 0.1) is 24.4 Å². The molecule has 1 N–H and O–H groups in total. The highest BCUT2D eigenvalue weighted by Gasteiger charge is 2.22. The Labute approximate surface area is 148 Å². The van der Waals surface area contributed by atoms with Crippen molar-refractivity contribution in [3.63, 3.8) is 0 Å². The number of rotatable bonds is 3. The Bertz CT molecular complexity index is 837. The van der Waals surface area contributed by atoms with Gasteiger partial charge in [0.1, 0.15) is 5.69 Å². The first-order chi connectivity index (χ1) is 12.3. The van der Waals surface area contributed by atoms with Crippen molar-refractivity contribution in [1.82, 2.24) is 19.8 Å². The maximum atomic E-state index is 13.8. The molecule has 1 aromatic heterocycles. The van der Waals surface area contributed by atoms with Crippen molar-refractivity contribution in [2.24, 2.45) is 0 Å². The average Bonchev–Trinajstić information content (AvgIpc) is 2.62. The highest BCUT2D eigenvalue weighted by Crippen LogP contribution is 2.22. The van der Waals surface area contributed by atoms with Crippen molar-refractivity contribution in [3.05, 3.63) is 47.0 Å². The molecule has 26 heavy (non-hydrogen) atoms. The van der Waals surface area contributed by atoms with Gasteiger partial charge in [0.2, 0.25) is 5.95 Å². The SMILES string of the molecule is Cc1cc(C(=O)N2CCN(C)CC2)nc(Nc2ccc(F)c(F)c2F)n1. The number of benzene rings is 1. The molecule has 138 valence electrons. The van der Waals surface area contributed by atoms with Gasteiger partial charge in [0, 0.05) is 31.9 Å². The van der Waals surface area contributed by atoms with E-state index >= 15 is 0 Å². The number of aromatic nitrogens is 2. The molecule has 0 aliphatic carbocycles. The van der Waals surface area contributed by atoms with Crippen LogP contribution in [-0.4, -0.2) is 58.9 Å². The van der Waals surface area contributed by atoms with Gasteiger partial charge >= 0.3 is 0 Å². The van der Waals surface area contributed by atoms with Gasteiger partial charge in [0.15, 0.2) is 17.5 Å². The van der Waals surface area contributed by atoms with Crippen molar-refractivity contribution >= 4 is 17.5 Å². The Morgan fingerprint density at radius 2 is 1.77 bits per heavy atom. The summed E-state index contributed by atoms with van der Waals surface area (Å²) in [6.07, 6.45) is 0. The summed E-state index contributed by atoms with van der Waals surface area (Å²) in [6, 6.07) is 3.38. The lowest BCUT2D eigenvalue weighted by molar-refractivity contribution is 0.0658. The van der Waals surface area contributed by atoms with Crippen molar-refractivity contribution in [2.45, 2.75) is 6.92 Å². The third-order valence-corrected chi connectivity index (χ3v) is 4.15. The lowest BCUT2D eigenvalue weighted by atomic mass is 10.2. The van der Waals surface area contributed by atoms with Gasteiger partial charge in [-0.15, -0.1) is 0 Å². The van der Waals surface area contributed by atoms with Crippen LogP contribution in [0.3, 0.4) is 0 Å². The smallest absolute Gasteiger partial charge is 0.272 e. The van der Waals surface area contributed by atoms with Gasteiger partial charge in [0.05, 0.1) is 5.69 Å². The zero-order valence-electron chi connectivity index (χ0n) is 14.4. The number of anilines is 2. The van der Waals surface area contributed by atoms with Crippen molar-refractivity contribution in [3.8, 4) is 0 Å². The van der Waals surface area contributed by atoms with Crippen LogP contribution in [0.5, 0.6) is 0 Å². The second-order valence-corrected chi connectivity index (χ2v) is 6.16. The third-order valence-electron chi connectivity index (χ3n) is 4.15. The van der Waals surface area contributed by atoms with Crippen molar-refractivity contribution in [1.29, 1.82) is 0 Å². The molecule has 0 unspecified atom stereocenters. The second kappa shape index (κ2) is 7.28. The Morgan fingerprint density at radius 1 is 1.08 bits per heavy atom. The van der Waals surface area contributed by atoms with Crippen molar-refractivity contribution in [2.75, 3.05) is 38.5 Å². The molecule has 0 saturated carbocycles. The number of hydrogen-bond donors (Lipinski definition) is 1. The Balaban J connectivity index is 1.84. The van der Waals surface area contributed by atoms with Gasteiger partial charge in [0.25, 0.3) is 5.91 Å². The van der Waals surface area contributed by atoms with E-state index in [9.17, 15) is 18.0 Å². The number of halogens is 3. The molecule has 9 heteroatoms. The first kappa shape index (κ1) is 18.1. The minimum atomic E-state index is -1.59. The molecule has 2 heterocycles. The summed E-state index contributed by atoms with van der Waals surface area (Å²) >= 11 is 0. The van der Waals surface area contributed by atoms with Crippen LogP contribution in [0.25, 0.3) is 0 Å². The van der Waals surface area contributed by atoms with Crippen molar-refractivity contribution < 1.29 is 18.0 Å². The molecule has 0 radical (unpaired) electrons. The zero-order chi connectivity index (χ0) is 18.8. The highest BCUT2D eigenvalue weighted by atomic mass is 19.2. The fourth-order valence-electron chi connectivity index (χ4n) is 2.65. The van der Waals surface area contributed by atoms with E-state index in [-0.39, 0.29) is 23.2 Å². The molecule has 1 amide bonds. The van der Waals surface area contributed by atoms with Gasteiger partial charge in [-0.3, -0.25) is 4.79 Å². The monoisotopic (exact) mass is 365 g/mol. The van der Waals surface area contributed by atoms with Gasteiger partial charge < -0.3 is 15.1 Å². The van der Waals surface area contributed by atoms with E-state index in [2.05, 4.69) is 20.2 Å². The van der Waals surface area contributed by atoms with Crippen LogP contribution in [-0.2, 0) is 0 Å². The molecule has 1 aliphatic rings. The van der Waals surface area contributed by atoms with Crippen LogP contribution >= 0.6 is 0 Å². The van der Waals surface area contributed by atoms with Crippen LogP contribution in [0.2, 0.25) is 0 Å². The minimum Gasteiger partial charge on any atom is -0.335 e. The fourth-order valence-corrected chi connectivity index (χ4v) is 2.65. The second-order valence-electron chi connectivity index (χ2n) is 6.16. The molecule has 3 rings (SSSR count). The number of nitrogens with one attached hydrogen (secondary N) is 1. The predicted molar refractivity (Wildman–Crippen MR) is 89.8 cm³/mol. The minimum absolute atomic E-state index is 0.0626. The molecule has 0 atom stereocenters. The Kier molecular flexibility index (Phi) is 5.08. The molecule has 0 spiro atoms. The molecule has 2 aromatic rings. The number of aryl methyl sites for hydroxylation is 1. The largest absolute Gasteiger partial charge is 0.335 e. The molecule has 1 fully saturated rings. The summed E-state index contributed by atoms with van der Waals surface area (Å²) in [6.45, 7) is 4.36. The number of carbonyl (C=O) groups excluding carboxylic acids is 1. The number of carbonyl (C=O) groups is 1. The van der Waals surface area contributed by atoms with E-state index in [4.69, 9.17) is 0 Å². The fraction of sp³-hybridized carbons (Fsp3) is 0.353. The maximum absolute atomic E-state index is 13.8. The van der Waals surface area contributed by atoms with E-state index in [1.54, 1.807) is 11.8 Å². The predicted octanol–water partition coefficient (Wildman–Crippen LogP) is 2.33. The molecule has 1 aliphatic heterocycles. The summed E-state index contributed by atoms with van der Waals surface area (Å²) in [5, 5.41) is 2.50. The highest BCUT2D eigenvalue weighted by molar-refractivity contribution is 5.92. The zero-order valence-corrected chi connectivity index (χ0v) is 14.4. The quantitative estimate of drug-likeness (QED) is 0.846. The van der Waals surface area contributed by atoms with Crippen LogP contribution in [0.15, 0.2) is 18.2 Å². The first-order valence-corrected chi connectivity index (χ1v) is 8.09. The number of hydrogen-bond acceptors (Lipinski definition) is 5. The lowest BCUT2D eigenvalue weighted by Crippen LogP contribution is -2.47. The summed E-state index contributed by atoms with van der Waals surface area (Å²) in [7, 11) is 1.98. The topological polar surface area (TPSA) is 61.4 Å². The molecular formula is C17H18F3N5O. The molecular weight excluding hydrogens is 347 g/mol. The summed E-state index contributed by atoms with van der Waals surface area (Å²) in [4.78, 5) is 24.6. The normalized spacial score (nSPS) is 15.2. The first-order valence-electron chi connectivity index (χ1n) is 8.09. The van der Waals surface area contributed by atoms with Crippen LogP contribution in [0.4, 0.5) is 24.8 Å². The summed E-state index contributed by atoms with van der Waals surface area (Å²) in [5.41, 5.74) is 0.336. The third kappa shape index (κ3) is 3.77. The number of nitrogens with zero attached hydrogens (tertiary/aromatic N) is 4. The van der Waals surface area contributed by atoms with E-state index in [1.165, 1.54) is 6.07 Å². The summed E-state index contributed by atoms with van der Waals surface area (Å²) < 4.78 is 40.2.